The minimum absolute atomic E-state index is 0.282. The van der Waals surface area contributed by atoms with Crippen molar-refractivity contribution in [1.82, 2.24) is 0 Å². The summed E-state index contributed by atoms with van der Waals surface area (Å²) >= 11 is 6.04. The molecule has 0 aromatic carbocycles. The van der Waals surface area contributed by atoms with Crippen molar-refractivity contribution in [2.45, 2.75) is 58.5 Å². The number of nitrogens with zero attached hydrogens (tertiary/aromatic N) is 2. The highest BCUT2D eigenvalue weighted by Crippen LogP contribution is 2.21. The molecule has 2 atom stereocenters. The van der Waals surface area contributed by atoms with Crippen LogP contribution in [0.4, 0.5) is 0 Å². The zero-order valence-electron chi connectivity index (χ0n) is 9.34. The van der Waals surface area contributed by atoms with Gasteiger partial charge in [0.1, 0.15) is 0 Å². The van der Waals surface area contributed by atoms with Crippen LogP contribution in [-0.4, -0.2) is 11.0 Å². The summed E-state index contributed by atoms with van der Waals surface area (Å²) in [5.74, 6) is 0.664. The lowest BCUT2D eigenvalue weighted by atomic mass is 10.1. The predicted molar refractivity (Wildman–Crippen MR) is 58.3 cm³/mol. The van der Waals surface area contributed by atoms with Gasteiger partial charge in [0.25, 0.3) is 0 Å². The van der Waals surface area contributed by atoms with Gasteiger partial charge < -0.3 is 0 Å². The molecule has 0 spiro atoms. The average molecular weight is 205 g/mol. The van der Waals surface area contributed by atoms with Gasteiger partial charge in [0.2, 0.25) is 0 Å². The van der Waals surface area contributed by atoms with Gasteiger partial charge in [-0.2, -0.15) is 10.2 Å². The van der Waals surface area contributed by atoms with Crippen LogP contribution in [-0.2, 0) is 0 Å². The van der Waals surface area contributed by atoms with Crippen molar-refractivity contribution in [3.63, 3.8) is 0 Å². The maximum Gasteiger partial charge on any atom is 0.151 e. The molecule has 0 aromatic rings. The highest BCUT2D eigenvalue weighted by atomic mass is 35.5. The maximum absolute atomic E-state index is 6.04. The van der Waals surface area contributed by atoms with E-state index < -0.39 is 5.00 Å². The highest BCUT2D eigenvalue weighted by Gasteiger charge is 2.16. The fourth-order valence-electron chi connectivity index (χ4n) is 1.02. The fraction of sp³-hybridized carbons (Fsp3) is 1.00. The van der Waals surface area contributed by atoms with Crippen molar-refractivity contribution in [3.05, 3.63) is 0 Å². The Morgan fingerprint density at radius 1 is 1.31 bits per heavy atom. The van der Waals surface area contributed by atoms with Crippen LogP contribution in [0, 0.1) is 5.92 Å². The summed E-state index contributed by atoms with van der Waals surface area (Å²) in [5, 5.41) is 8.32. The molecule has 0 N–H and O–H groups in total. The van der Waals surface area contributed by atoms with E-state index in [1.807, 2.05) is 13.8 Å². The van der Waals surface area contributed by atoms with Crippen molar-refractivity contribution >= 4 is 11.6 Å². The van der Waals surface area contributed by atoms with Crippen LogP contribution in [0.25, 0.3) is 0 Å². The van der Waals surface area contributed by atoms with Crippen molar-refractivity contribution in [1.29, 1.82) is 0 Å². The molecule has 78 valence electrons. The molecule has 0 aliphatic rings. The molecule has 0 rings (SSSR count). The van der Waals surface area contributed by atoms with E-state index in [2.05, 4.69) is 31.0 Å². The smallest absolute Gasteiger partial charge is 0.151 e. The largest absolute Gasteiger partial charge is 0.189 e. The molecule has 2 nitrogen and oxygen atoms in total. The minimum atomic E-state index is -0.509. The van der Waals surface area contributed by atoms with Crippen molar-refractivity contribution in [2.24, 2.45) is 16.1 Å². The third kappa shape index (κ3) is 7.00. The molecule has 0 aromatic heterocycles. The van der Waals surface area contributed by atoms with Crippen LogP contribution in [0.5, 0.6) is 0 Å². The first-order valence-corrected chi connectivity index (χ1v) is 5.36. The standard InChI is InChI=1S/C10H21ClN2/c1-6-10(5,11)13-12-9(4)7-8(2)3/h8-9H,6-7H2,1-5H3. The van der Waals surface area contributed by atoms with E-state index in [4.69, 9.17) is 11.6 Å². The SMILES string of the molecule is CCC(C)(Cl)N=NC(C)CC(C)C. The molecular formula is C10H21ClN2. The van der Waals surface area contributed by atoms with Gasteiger partial charge in [-0.25, -0.2) is 0 Å². The quantitative estimate of drug-likeness (QED) is 0.364. The van der Waals surface area contributed by atoms with E-state index in [0.717, 1.165) is 12.8 Å². The fourth-order valence-corrected chi connectivity index (χ4v) is 1.06. The number of halogens is 1. The Hall–Kier alpha value is -0.110. The van der Waals surface area contributed by atoms with Crippen LogP contribution < -0.4 is 0 Å². The van der Waals surface area contributed by atoms with Crippen LogP contribution in [0.2, 0.25) is 0 Å². The topological polar surface area (TPSA) is 24.7 Å². The lowest BCUT2D eigenvalue weighted by molar-refractivity contribution is 0.483. The first-order chi connectivity index (χ1) is 5.87. The van der Waals surface area contributed by atoms with Gasteiger partial charge >= 0.3 is 0 Å². The molecular weight excluding hydrogens is 184 g/mol. The van der Waals surface area contributed by atoms with E-state index in [9.17, 15) is 0 Å². The molecule has 0 heterocycles. The minimum Gasteiger partial charge on any atom is -0.189 e. The normalized spacial score (nSPS) is 19.3. The van der Waals surface area contributed by atoms with Crippen LogP contribution >= 0.6 is 11.6 Å². The molecule has 13 heavy (non-hydrogen) atoms. The van der Waals surface area contributed by atoms with E-state index in [0.29, 0.717) is 5.92 Å². The lowest BCUT2D eigenvalue weighted by Crippen LogP contribution is -2.11. The van der Waals surface area contributed by atoms with Gasteiger partial charge in [0.05, 0.1) is 6.04 Å². The maximum atomic E-state index is 6.04. The van der Waals surface area contributed by atoms with Crippen LogP contribution in [0.3, 0.4) is 0 Å². The van der Waals surface area contributed by atoms with E-state index >= 15 is 0 Å². The van der Waals surface area contributed by atoms with Crippen LogP contribution in [0.1, 0.15) is 47.5 Å². The average Bonchev–Trinajstić information content (AvgIpc) is 2.00. The van der Waals surface area contributed by atoms with Crippen molar-refractivity contribution < 1.29 is 0 Å². The van der Waals surface area contributed by atoms with E-state index in [1.165, 1.54) is 0 Å². The molecule has 0 bridgehead atoms. The molecule has 0 amide bonds. The Balaban J connectivity index is 3.96. The number of rotatable bonds is 5. The summed E-state index contributed by atoms with van der Waals surface area (Å²) in [5.41, 5.74) is 0. The van der Waals surface area contributed by atoms with Gasteiger partial charge in [-0.3, -0.25) is 0 Å². The summed E-state index contributed by atoms with van der Waals surface area (Å²) < 4.78 is 0. The van der Waals surface area contributed by atoms with Crippen molar-refractivity contribution in [3.8, 4) is 0 Å². The second-order valence-corrected chi connectivity index (χ2v) is 5.00. The third-order valence-electron chi connectivity index (χ3n) is 1.92. The monoisotopic (exact) mass is 204 g/mol. The van der Waals surface area contributed by atoms with Crippen molar-refractivity contribution in [2.75, 3.05) is 0 Å². The van der Waals surface area contributed by atoms with E-state index in [1.54, 1.807) is 0 Å². The van der Waals surface area contributed by atoms with Gasteiger partial charge in [-0.15, -0.1) is 0 Å². The summed E-state index contributed by atoms with van der Waals surface area (Å²) in [4.78, 5) is -0.509. The zero-order chi connectivity index (χ0) is 10.5. The Kier molecular flexibility index (Phi) is 5.54. The van der Waals surface area contributed by atoms with Gasteiger partial charge in [-0.1, -0.05) is 32.4 Å². The number of azo groups is 1. The number of hydrogen-bond donors (Lipinski definition) is 0. The zero-order valence-corrected chi connectivity index (χ0v) is 10.1. The van der Waals surface area contributed by atoms with E-state index in [-0.39, 0.29) is 6.04 Å². The Morgan fingerprint density at radius 3 is 2.23 bits per heavy atom. The van der Waals surface area contributed by atoms with Gasteiger partial charge in [0, 0.05) is 0 Å². The third-order valence-corrected chi connectivity index (χ3v) is 2.26. The molecule has 0 fully saturated rings. The molecule has 0 saturated heterocycles. The Morgan fingerprint density at radius 2 is 1.85 bits per heavy atom. The Bertz CT molecular complexity index is 164. The summed E-state index contributed by atoms with van der Waals surface area (Å²) in [6.45, 7) is 10.4. The molecule has 0 aliphatic carbocycles. The first kappa shape index (κ1) is 12.9. The van der Waals surface area contributed by atoms with Crippen LogP contribution in [0.15, 0.2) is 10.2 Å². The second kappa shape index (κ2) is 5.58. The number of hydrogen-bond acceptors (Lipinski definition) is 2. The summed E-state index contributed by atoms with van der Waals surface area (Å²) in [7, 11) is 0. The van der Waals surface area contributed by atoms with Gasteiger partial charge in [-0.05, 0) is 32.6 Å². The second-order valence-electron chi connectivity index (χ2n) is 4.19. The van der Waals surface area contributed by atoms with Gasteiger partial charge in [0.15, 0.2) is 5.00 Å². The summed E-state index contributed by atoms with van der Waals surface area (Å²) in [6.07, 6.45) is 1.88. The molecule has 2 unspecified atom stereocenters. The molecule has 3 heteroatoms. The first-order valence-electron chi connectivity index (χ1n) is 4.98. The molecule has 0 radical (unpaired) electrons. The molecule has 0 saturated carbocycles. The highest BCUT2D eigenvalue weighted by molar-refractivity contribution is 6.23. The molecule has 0 aliphatic heterocycles. The Labute approximate surface area is 86.8 Å². The number of alkyl halides is 1. The summed E-state index contributed by atoms with van der Waals surface area (Å²) in [6, 6.07) is 0.282. The lowest BCUT2D eigenvalue weighted by Gasteiger charge is -2.14. The predicted octanol–water partition coefficient (Wildman–Crippen LogP) is 4.24.